The number of ether oxygens (including phenoxy) is 1. The lowest BCUT2D eigenvalue weighted by molar-refractivity contribution is 0.268. The Morgan fingerprint density at radius 1 is 1.35 bits per heavy atom. The van der Waals surface area contributed by atoms with E-state index in [-0.39, 0.29) is 6.61 Å². The molecule has 6 heteroatoms. The highest BCUT2D eigenvalue weighted by Crippen LogP contribution is 2.20. The van der Waals surface area contributed by atoms with Crippen LogP contribution in [0.3, 0.4) is 0 Å². The lowest BCUT2D eigenvalue weighted by Crippen LogP contribution is -2.40. The van der Waals surface area contributed by atoms with E-state index in [2.05, 4.69) is 11.2 Å². The van der Waals surface area contributed by atoms with Crippen molar-refractivity contribution in [2.24, 2.45) is 5.92 Å². The Labute approximate surface area is 139 Å². The zero-order valence-corrected chi connectivity index (χ0v) is 14.3. The molecule has 1 N–H and O–H groups in total. The molecule has 0 atom stereocenters. The highest BCUT2D eigenvalue weighted by atomic mass is 32.2. The Morgan fingerprint density at radius 2 is 2.04 bits per heavy atom. The van der Waals surface area contributed by atoms with Crippen LogP contribution in [0, 0.1) is 18.3 Å². The van der Waals surface area contributed by atoms with E-state index in [0.717, 1.165) is 30.7 Å². The number of hydrogen-bond donors (Lipinski definition) is 1. The summed E-state index contributed by atoms with van der Waals surface area (Å²) in [5, 5.41) is 3.44. The van der Waals surface area contributed by atoms with Crippen molar-refractivity contribution >= 4 is 10.0 Å². The summed E-state index contributed by atoms with van der Waals surface area (Å²) in [4.78, 5) is 0. The first-order valence-corrected chi connectivity index (χ1v) is 9.65. The molecule has 0 bridgehead atoms. The van der Waals surface area contributed by atoms with Gasteiger partial charge in [0.25, 0.3) is 0 Å². The second kappa shape index (κ2) is 8.34. The maximum atomic E-state index is 11.5. The molecular formula is C17H24N2O3S. The molecule has 1 aromatic carbocycles. The normalized spacial score (nSPS) is 16.9. The number of hydrogen-bond acceptors (Lipinski definition) is 4. The van der Waals surface area contributed by atoms with E-state index in [4.69, 9.17) is 11.2 Å². The van der Waals surface area contributed by atoms with Gasteiger partial charge in [0.05, 0.1) is 6.26 Å². The fourth-order valence-electron chi connectivity index (χ4n) is 2.77. The first kappa shape index (κ1) is 17.8. The first-order chi connectivity index (χ1) is 11.0. The number of para-hydroxylation sites is 1. The van der Waals surface area contributed by atoms with Crippen molar-refractivity contribution in [3.63, 3.8) is 0 Å². The summed E-state index contributed by atoms with van der Waals surface area (Å²) in [6.45, 7) is 3.09. The molecule has 23 heavy (non-hydrogen) atoms. The van der Waals surface area contributed by atoms with Gasteiger partial charge in [-0.05, 0) is 31.4 Å². The molecule has 126 valence electrons. The molecule has 1 aliphatic heterocycles. The van der Waals surface area contributed by atoms with Gasteiger partial charge in [0.1, 0.15) is 12.4 Å². The SMILES string of the molecule is C#CCOc1ccccc1CNCC1CCN(S(C)(=O)=O)CC1. The number of benzene rings is 1. The minimum absolute atomic E-state index is 0.265. The van der Waals surface area contributed by atoms with E-state index in [1.165, 1.54) is 6.26 Å². The Kier molecular flexibility index (Phi) is 6.46. The van der Waals surface area contributed by atoms with E-state index in [1.54, 1.807) is 4.31 Å². The van der Waals surface area contributed by atoms with Gasteiger partial charge in [0.15, 0.2) is 0 Å². The van der Waals surface area contributed by atoms with Crippen molar-refractivity contribution in [2.75, 3.05) is 32.5 Å². The maximum Gasteiger partial charge on any atom is 0.211 e. The summed E-state index contributed by atoms with van der Waals surface area (Å²) in [5.74, 6) is 3.79. The molecule has 1 heterocycles. The van der Waals surface area contributed by atoms with E-state index in [1.807, 2.05) is 24.3 Å². The van der Waals surface area contributed by atoms with E-state index >= 15 is 0 Å². The van der Waals surface area contributed by atoms with Crippen molar-refractivity contribution in [1.29, 1.82) is 0 Å². The predicted octanol–water partition coefficient (Wildman–Crippen LogP) is 1.46. The van der Waals surface area contributed by atoms with Gasteiger partial charge in [-0.2, -0.15) is 0 Å². The topological polar surface area (TPSA) is 58.6 Å². The molecule has 5 nitrogen and oxygen atoms in total. The van der Waals surface area contributed by atoms with Crippen LogP contribution in [0.2, 0.25) is 0 Å². The largest absolute Gasteiger partial charge is 0.481 e. The van der Waals surface area contributed by atoms with Crippen molar-refractivity contribution < 1.29 is 13.2 Å². The lowest BCUT2D eigenvalue weighted by atomic mass is 9.98. The smallest absolute Gasteiger partial charge is 0.211 e. The summed E-state index contributed by atoms with van der Waals surface area (Å²) in [5.41, 5.74) is 1.08. The van der Waals surface area contributed by atoms with Gasteiger partial charge >= 0.3 is 0 Å². The van der Waals surface area contributed by atoms with Crippen LogP contribution in [0.25, 0.3) is 0 Å². The summed E-state index contributed by atoms with van der Waals surface area (Å²) in [7, 11) is -3.05. The van der Waals surface area contributed by atoms with Crippen molar-refractivity contribution in [1.82, 2.24) is 9.62 Å². The minimum atomic E-state index is -3.05. The predicted molar refractivity (Wildman–Crippen MR) is 91.6 cm³/mol. The van der Waals surface area contributed by atoms with Gasteiger partial charge in [-0.25, -0.2) is 12.7 Å². The number of sulfonamides is 1. The quantitative estimate of drug-likeness (QED) is 0.766. The number of nitrogens with one attached hydrogen (secondary N) is 1. The van der Waals surface area contributed by atoms with Gasteiger partial charge < -0.3 is 10.1 Å². The number of nitrogens with zero attached hydrogens (tertiary/aromatic N) is 1. The summed E-state index contributed by atoms with van der Waals surface area (Å²) in [6, 6.07) is 7.84. The monoisotopic (exact) mass is 336 g/mol. The molecule has 0 unspecified atom stereocenters. The van der Waals surface area contributed by atoms with Crippen LogP contribution in [0.4, 0.5) is 0 Å². The van der Waals surface area contributed by atoms with Crippen LogP contribution in [-0.4, -0.2) is 45.2 Å². The molecular weight excluding hydrogens is 312 g/mol. The molecule has 2 rings (SSSR count). The minimum Gasteiger partial charge on any atom is -0.481 e. The van der Waals surface area contributed by atoms with Crippen molar-refractivity contribution in [3.05, 3.63) is 29.8 Å². The summed E-state index contributed by atoms with van der Waals surface area (Å²) >= 11 is 0. The van der Waals surface area contributed by atoms with Gasteiger partial charge in [-0.3, -0.25) is 0 Å². The second-order valence-corrected chi connectivity index (χ2v) is 7.82. The third-order valence-electron chi connectivity index (χ3n) is 4.07. The molecule has 1 aliphatic rings. The van der Waals surface area contributed by atoms with Crippen molar-refractivity contribution in [3.8, 4) is 18.1 Å². The van der Waals surface area contributed by atoms with Crippen LogP contribution in [0.15, 0.2) is 24.3 Å². The van der Waals surface area contributed by atoms with Gasteiger partial charge in [-0.15, -0.1) is 6.42 Å². The molecule has 0 aliphatic carbocycles. The molecule has 0 saturated carbocycles. The van der Waals surface area contributed by atoms with Crippen LogP contribution in [-0.2, 0) is 16.6 Å². The van der Waals surface area contributed by atoms with Crippen molar-refractivity contribution in [2.45, 2.75) is 19.4 Å². The summed E-state index contributed by atoms with van der Waals surface area (Å²) < 4.78 is 30.1. The van der Waals surface area contributed by atoms with Gasteiger partial charge in [-0.1, -0.05) is 24.1 Å². The van der Waals surface area contributed by atoms with E-state index in [9.17, 15) is 8.42 Å². The second-order valence-electron chi connectivity index (χ2n) is 5.84. The highest BCUT2D eigenvalue weighted by Gasteiger charge is 2.24. The average Bonchev–Trinajstić information content (AvgIpc) is 2.53. The molecule has 1 fully saturated rings. The zero-order valence-electron chi connectivity index (χ0n) is 13.5. The molecule has 0 aromatic heterocycles. The Bertz CT molecular complexity index is 644. The first-order valence-electron chi connectivity index (χ1n) is 7.80. The number of terminal acetylenes is 1. The lowest BCUT2D eigenvalue weighted by Gasteiger charge is -2.30. The van der Waals surface area contributed by atoms with Crippen LogP contribution < -0.4 is 10.1 Å². The van der Waals surface area contributed by atoms with Crippen LogP contribution >= 0.6 is 0 Å². The van der Waals surface area contributed by atoms with E-state index in [0.29, 0.717) is 25.6 Å². The average molecular weight is 336 g/mol. The Hall–Kier alpha value is -1.55. The Balaban J connectivity index is 1.77. The third kappa shape index (κ3) is 5.54. The standard InChI is InChI=1S/C17H24N2O3S/c1-3-12-22-17-7-5-4-6-16(17)14-18-13-15-8-10-19(11-9-15)23(2,20)21/h1,4-7,15,18H,8-14H2,2H3. The van der Waals surface area contributed by atoms with Gasteiger partial charge in [0, 0.05) is 25.2 Å². The molecule has 0 radical (unpaired) electrons. The fraction of sp³-hybridized carbons (Fsp3) is 0.529. The van der Waals surface area contributed by atoms with Crippen LogP contribution in [0.5, 0.6) is 5.75 Å². The summed E-state index contributed by atoms with van der Waals surface area (Å²) in [6.07, 6.45) is 8.30. The molecule has 0 amide bonds. The fourth-order valence-corrected chi connectivity index (χ4v) is 3.64. The zero-order chi connectivity index (χ0) is 16.7. The maximum absolute atomic E-state index is 11.5. The number of piperidine rings is 1. The molecule has 0 spiro atoms. The van der Waals surface area contributed by atoms with E-state index < -0.39 is 10.0 Å². The molecule has 1 saturated heterocycles. The highest BCUT2D eigenvalue weighted by molar-refractivity contribution is 7.88. The van der Waals surface area contributed by atoms with Crippen LogP contribution in [0.1, 0.15) is 18.4 Å². The third-order valence-corrected chi connectivity index (χ3v) is 5.38. The number of rotatable bonds is 7. The molecule has 1 aromatic rings. The Morgan fingerprint density at radius 3 is 2.70 bits per heavy atom. The van der Waals surface area contributed by atoms with Gasteiger partial charge in [0.2, 0.25) is 10.0 Å².